The number of rotatable bonds is 8. The predicted molar refractivity (Wildman–Crippen MR) is 133 cm³/mol. The molecule has 1 saturated carbocycles. The summed E-state index contributed by atoms with van der Waals surface area (Å²) in [4.78, 5) is 53.2. The van der Waals surface area contributed by atoms with Crippen molar-refractivity contribution in [3.63, 3.8) is 0 Å². The molecule has 1 spiro atoms. The molecule has 10 heteroatoms. The van der Waals surface area contributed by atoms with Crippen molar-refractivity contribution in [1.82, 2.24) is 20.9 Å². The van der Waals surface area contributed by atoms with Gasteiger partial charge in [-0.15, -0.1) is 0 Å². The van der Waals surface area contributed by atoms with Crippen molar-refractivity contribution in [3.05, 3.63) is 29.8 Å². The zero-order valence-corrected chi connectivity index (χ0v) is 21.5. The van der Waals surface area contributed by atoms with E-state index in [4.69, 9.17) is 9.47 Å². The SMILES string of the molecule is CN[C@@H](C)C(=O)N[C@H]1CCCC2CC23CC[C@@H](C(=O)NCc2cccc(OC4CCOC4=O)c2)N3C1=O. The van der Waals surface area contributed by atoms with Crippen LogP contribution in [0.4, 0.5) is 0 Å². The fourth-order valence-electron chi connectivity index (χ4n) is 6.11. The van der Waals surface area contributed by atoms with Crippen molar-refractivity contribution in [1.29, 1.82) is 0 Å². The maximum absolute atomic E-state index is 13.7. The standard InChI is InChI=1S/C27H36N4O6/c1-16(28-2)23(32)30-20-8-4-6-18-14-27(18)11-9-21(31(27)25(20)34)24(33)29-15-17-5-3-7-19(13-17)37-22-10-12-36-26(22)35/h3,5,7,13,16,18,20-22,28H,4,6,8-12,14-15H2,1-2H3,(H,29,33)(H,30,32)/t16-,18?,20-,21-,22?,27?/m0/s1. The van der Waals surface area contributed by atoms with Gasteiger partial charge in [0.05, 0.1) is 12.6 Å². The fraction of sp³-hybridized carbons (Fsp3) is 0.630. The van der Waals surface area contributed by atoms with Gasteiger partial charge in [-0.3, -0.25) is 14.4 Å². The lowest BCUT2D eigenvalue weighted by atomic mass is 9.98. The number of amides is 3. The summed E-state index contributed by atoms with van der Waals surface area (Å²) in [6, 6.07) is 5.69. The summed E-state index contributed by atoms with van der Waals surface area (Å²) >= 11 is 0. The van der Waals surface area contributed by atoms with Crippen LogP contribution in [0.3, 0.4) is 0 Å². The van der Waals surface area contributed by atoms with E-state index in [-0.39, 0.29) is 35.8 Å². The number of hydrogen-bond acceptors (Lipinski definition) is 7. The number of hydrogen-bond donors (Lipinski definition) is 3. The molecule has 0 radical (unpaired) electrons. The number of benzene rings is 1. The number of carbonyl (C=O) groups excluding carboxylic acids is 4. The van der Waals surface area contributed by atoms with Crippen molar-refractivity contribution >= 4 is 23.7 Å². The van der Waals surface area contributed by atoms with Crippen molar-refractivity contribution in [2.45, 2.75) is 88.2 Å². The molecular formula is C27H36N4O6. The number of nitrogens with zero attached hydrogens (tertiary/aromatic N) is 1. The monoisotopic (exact) mass is 512 g/mol. The molecule has 3 N–H and O–H groups in total. The number of cyclic esters (lactones) is 1. The third-order valence-corrected chi connectivity index (χ3v) is 8.40. The number of nitrogens with one attached hydrogen (secondary N) is 3. The van der Waals surface area contributed by atoms with Crippen molar-refractivity contribution < 1.29 is 28.7 Å². The van der Waals surface area contributed by atoms with Crippen LogP contribution >= 0.6 is 0 Å². The smallest absolute Gasteiger partial charge is 0.347 e. The molecule has 0 aromatic heterocycles. The van der Waals surface area contributed by atoms with E-state index >= 15 is 0 Å². The molecule has 3 aliphatic heterocycles. The fourth-order valence-corrected chi connectivity index (χ4v) is 6.11. The molecule has 3 heterocycles. The second kappa shape index (κ2) is 10.3. The highest BCUT2D eigenvalue weighted by molar-refractivity contribution is 5.94. The molecule has 0 bridgehead atoms. The Morgan fingerprint density at radius 3 is 2.81 bits per heavy atom. The maximum atomic E-state index is 13.7. The van der Waals surface area contributed by atoms with Gasteiger partial charge in [0.15, 0.2) is 6.10 Å². The van der Waals surface area contributed by atoms with Crippen molar-refractivity contribution in [2.24, 2.45) is 5.92 Å². The van der Waals surface area contributed by atoms with Crippen LogP contribution in [-0.4, -0.2) is 72.0 Å². The van der Waals surface area contributed by atoms with E-state index in [1.165, 1.54) is 0 Å². The molecule has 5 rings (SSSR count). The van der Waals surface area contributed by atoms with E-state index in [1.807, 2.05) is 17.0 Å². The van der Waals surface area contributed by atoms with Crippen LogP contribution in [0.1, 0.15) is 57.4 Å². The highest BCUT2D eigenvalue weighted by atomic mass is 16.6. The Morgan fingerprint density at radius 1 is 1.22 bits per heavy atom. The molecule has 1 aromatic rings. The lowest BCUT2D eigenvalue weighted by Crippen LogP contribution is -2.58. The van der Waals surface area contributed by atoms with E-state index in [0.29, 0.717) is 37.5 Å². The number of esters is 1. The lowest BCUT2D eigenvalue weighted by molar-refractivity contribution is -0.145. The molecule has 3 saturated heterocycles. The minimum atomic E-state index is -0.619. The zero-order valence-electron chi connectivity index (χ0n) is 21.5. The maximum Gasteiger partial charge on any atom is 0.347 e. The summed E-state index contributed by atoms with van der Waals surface area (Å²) in [5, 5.41) is 8.83. The Balaban J connectivity index is 1.25. The highest BCUT2D eigenvalue weighted by Gasteiger charge is 2.65. The molecule has 6 atom stereocenters. The summed E-state index contributed by atoms with van der Waals surface area (Å²) in [6.07, 6.45) is 4.76. The largest absolute Gasteiger partial charge is 0.479 e. The van der Waals surface area contributed by atoms with Gasteiger partial charge in [0, 0.05) is 18.5 Å². The molecule has 3 unspecified atom stereocenters. The summed E-state index contributed by atoms with van der Waals surface area (Å²) in [5.74, 6) is 0.0741. The number of carbonyl (C=O) groups is 4. The van der Waals surface area contributed by atoms with Gasteiger partial charge < -0.3 is 30.3 Å². The number of ether oxygens (including phenoxy) is 2. The summed E-state index contributed by atoms with van der Waals surface area (Å²) < 4.78 is 10.7. The molecule has 1 aliphatic carbocycles. The van der Waals surface area contributed by atoms with Gasteiger partial charge in [0.2, 0.25) is 17.7 Å². The molecule has 200 valence electrons. The van der Waals surface area contributed by atoms with Gasteiger partial charge in [-0.1, -0.05) is 18.6 Å². The Morgan fingerprint density at radius 2 is 2.05 bits per heavy atom. The number of likely N-dealkylation sites (N-methyl/N-ethyl adjacent to an activating group) is 1. The average Bonchev–Trinajstić information content (AvgIpc) is 3.19. The average molecular weight is 513 g/mol. The summed E-state index contributed by atoms with van der Waals surface area (Å²) in [6.45, 7) is 2.39. The van der Waals surface area contributed by atoms with Crippen LogP contribution in [0.2, 0.25) is 0 Å². The quantitative estimate of drug-likeness (QED) is 0.444. The van der Waals surface area contributed by atoms with E-state index in [1.54, 1.807) is 26.1 Å². The van der Waals surface area contributed by atoms with Gasteiger partial charge in [-0.2, -0.15) is 0 Å². The minimum Gasteiger partial charge on any atom is -0.479 e. The molecule has 1 aromatic carbocycles. The predicted octanol–water partition coefficient (Wildman–Crippen LogP) is 1.02. The van der Waals surface area contributed by atoms with Crippen molar-refractivity contribution in [3.8, 4) is 5.75 Å². The first-order chi connectivity index (χ1) is 17.8. The van der Waals surface area contributed by atoms with Gasteiger partial charge in [0.25, 0.3) is 0 Å². The van der Waals surface area contributed by atoms with Gasteiger partial charge >= 0.3 is 5.97 Å². The Hall–Kier alpha value is -3.14. The zero-order chi connectivity index (χ0) is 26.2. The normalized spacial score (nSPS) is 31.4. The van der Waals surface area contributed by atoms with Crippen LogP contribution in [0.5, 0.6) is 5.75 Å². The second-order valence-corrected chi connectivity index (χ2v) is 10.7. The molecular weight excluding hydrogens is 476 g/mol. The molecule has 37 heavy (non-hydrogen) atoms. The highest BCUT2D eigenvalue weighted by Crippen LogP contribution is 2.59. The van der Waals surface area contributed by atoms with Gasteiger partial charge in [0.1, 0.15) is 17.8 Å². The van der Waals surface area contributed by atoms with Crippen LogP contribution in [0, 0.1) is 5.92 Å². The summed E-state index contributed by atoms with van der Waals surface area (Å²) in [7, 11) is 1.71. The first-order valence-electron chi connectivity index (χ1n) is 13.3. The van der Waals surface area contributed by atoms with E-state index in [2.05, 4.69) is 16.0 Å². The van der Waals surface area contributed by atoms with Crippen LogP contribution in [-0.2, 0) is 30.5 Å². The first-order valence-corrected chi connectivity index (χ1v) is 13.3. The van der Waals surface area contributed by atoms with E-state index in [9.17, 15) is 19.2 Å². The second-order valence-electron chi connectivity index (χ2n) is 10.7. The molecule has 3 amide bonds. The Labute approximate surface area is 216 Å². The molecule has 10 nitrogen and oxygen atoms in total. The molecule has 4 aliphatic rings. The third kappa shape index (κ3) is 5.03. The van der Waals surface area contributed by atoms with Gasteiger partial charge in [-0.05, 0) is 69.7 Å². The minimum absolute atomic E-state index is 0.143. The topological polar surface area (TPSA) is 126 Å². The Kier molecular flexibility index (Phi) is 7.11. The first kappa shape index (κ1) is 25.5. The Bertz CT molecular complexity index is 1080. The van der Waals surface area contributed by atoms with Gasteiger partial charge in [-0.25, -0.2) is 4.79 Å². The lowest BCUT2D eigenvalue weighted by Gasteiger charge is -2.36. The van der Waals surface area contributed by atoms with Crippen LogP contribution in [0.25, 0.3) is 0 Å². The van der Waals surface area contributed by atoms with Crippen LogP contribution < -0.4 is 20.7 Å². The third-order valence-electron chi connectivity index (χ3n) is 8.40. The van der Waals surface area contributed by atoms with E-state index in [0.717, 1.165) is 31.2 Å². The summed E-state index contributed by atoms with van der Waals surface area (Å²) in [5.41, 5.74) is 0.584. The molecule has 4 fully saturated rings. The van der Waals surface area contributed by atoms with Crippen molar-refractivity contribution in [2.75, 3.05) is 13.7 Å². The van der Waals surface area contributed by atoms with Crippen LogP contribution in [0.15, 0.2) is 24.3 Å². The van der Waals surface area contributed by atoms with E-state index < -0.39 is 24.2 Å².